The molecule has 1 heterocycles. The summed E-state index contributed by atoms with van der Waals surface area (Å²) >= 11 is 0. The van der Waals surface area contributed by atoms with Crippen LogP contribution in [0, 0.1) is 0 Å². The molecular formula is C9H13FN2O. The lowest BCUT2D eigenvalue weighted by molar-refractivity contribution is 0.263. The quantitative estimate of drug-likeness (QED) is 0.717. The summed E-state index contributed by atoms with van der Waals surface area (Å²) in [5, 5.41) is 0. The van der Waals surface area contributed by atoms with Gasteiger partial charge in [-0.3, -0.25) is 4.98 Å². The lowest BCUT2D eigenvalue weighted by Gasteiger charge is -2.05. The van der Waals surface area contributed by atoms with Gasteiger partial charge in [0.25, 0.3) is 0 Å². The van der Waals surface area contributed by atoms with Gasteiger partial charge in [-0.05, 0) is 5.92 Å². The highest BCUT2D eigenvalue weighted by Crippen LogP contribution is 2.11. The molecule has 0 unspecified atom stereocenters. The Balaban J connectivity index is 2.59. The monoisotopic (exact) mass is 184 g/mol. The third kappa shape index (κ3) is 2.97. The van der Waals surface area contributed by atoms with Gasteiger partial charge in [0.05, 0.1) is 18.1 Å². The smallest absolute Gasteiger partial charge is 0.232 e. The van der Waals surface area contributed by atoms with Crippen LogP contribution in [-0.4, -0.2) is 23.2 Å². The highest BCUT2D eigenvalue weighted by Gasteiger charge is 2.01. The van der Waals surface area contributed by atoms with Gasteiger partial charge in [0.2, 0.25) is 5.88 Å². The minimum Gasteiger partial charge on any atom is -0.474 e. The third-order valence-electron chi connectivity index (χ3n) is 1.57. The first kappa shape index (κ1) is 9.89. The Morgan fingerprint density at radius 3 is 2.62 bits per heavy atom. The van der Waals surface area contributed by atoms with Crippen LogP contribution < -0.4 is 4.74 Å². The molecule has 1 rings (SSSR count). The van der Waals surface area contributed by atoms with Crippen LogP contribution in [0.25, 0.3) is 0 Å². The average Bonchev–Trinajstić information content (AvgIpc) is 2.15. The van der Waals surface area contributed by atoms with Crippen LogP contribution in [0.2, 0.25) is 0 Å². The molecule has 0 aliphatic heterocycles. The van der Waals surface area contributed by atoms with E-state index in [2.05, 4.69) is 9.97 Å². The molecule has 0 N–H and O–H groups in total. The summed E-state index contributed by atoms with van der Waals surface area (Å²) in [7, 11) is 0. The summed E-state index contributed by atoms with van der Waals surface area (Å²) in [5.74, 6) is 0.727. The fourth-order valence-electron chi connectivity index (χ4n) is 0.842. The second-order valence-corrected chi connectivity index (χ2v) is 2.97. The summed E-state index contributed by atoms with van der Waals surface area (Å²) in [4.78, 5) is 8.11. The van der Waals surface area contributed by atoms with E-state index in [1.807, 2.05) is 13.8 Å². The van der Waals surface area contributed by atoms with Gasteiger partial charge in [0.1, 0.15) is 13.3 Å². The SMILES string of the molecule is CC(C)c1cnc(OCCF)cn1. The van der Waals surface area contributed by atoms with Crippen molar-refractivity contribution in [1.82, 2.24) is 9.97 Å². The number of aromatic nitrogens is 2. The number of alkyl halides is 1. The van der Waals surface area contributed by atoms with Crippen LogP contribution in [0.1, 0.15) is 25.5 Å². The highest BCUT2D eigenvalue weighted by molar-refractivity contribution is 5.09. The predicted octanol–water partition coefficient (Wildman–Crippen LogP) is 1.95. The predicted molar refractivity (Wildman–Crippen MR) is 47.6 cm³/mol. The van der Waals surface area contributed by atoms with Crippen LogP contribution in [0.4, 0.5) is 4.39 Å². The molecule has 0 bridgehead atoms. The van der Waals surface area contributed by atoms with Crippen molar-refractivity contribution < 1.29 is 9.13 Å². The first-order valence-electron chi connectivity index (χ1n) is 4.24. The number of hydrogen-bond acceptors (Lipinski definition) is 3. The molecule has 0 amide bonds. The zero-order valence-corrected chi connectivity index (χ0v) is 7.83. The van der Waals surface area contributed by atoms with Gasteiger partial charge in [-0.1, -0.05) is 13.8 Å². The Kier molecular flexibility index (Phi) is 3.61. The van der Waals surface area contributed by atoms with E-state index in [-0.39, 0.29) is 6.61 Å². The summed E-state index contributed by atoms with van der Waals surface area (Å²) in [6.45, 7) is 3.60. The summed E-state index contributed by atoms with van der Waals surface area (Å²) < 4.78 is 16.7. The maximum atomic E-state index is 11.7. The molecule has 1 aromatic heterocycles. The van der Waals surface area contributed by atoms with E-state index in [0.29, 0.717) is 11.8 Å². The van der Waals surface area contributed by atoms with Crippen molar-refractivity contribution in [2.75, 3.05) is 13.3 Å². The topological polar surface area (TPSA) is 35.0 Å². The van der Waals surface area contributed by atoms with E-state index >= 15 is 0 Å². The minimum atomic E-state index is -0.506. The molecule has 0 saturated heterocycles. The van der Waals surface area contributed by atoms with Crippen molar-refractivity contribution in [3.63, 3.8) is 0 Å². The summed E-state index contributed by atoms with van der Waals surface area (Å²) in [6.07, 6.45) is 3.17. The fourth-order valence-corrected chi connectivity index (χ4v) is 0.842. The molecule has 0 aromatic carbocycles. The van der Waals surface area contributed by atoms with E-state index in [9.17, 15) is 4.39 Å². The van der Waals surface area contributed by atoms with Crippen LogP contribution in [0.15, 0.2) is 12.4 Å². The Labute approximate surface area is 77.0 Å². The van der Waals surface area contributed by atoms with Crippen molar-refractivity contribution in [2.45, 2.75) is 19.8 Å². The van der Waals surface area contributed by atoms with E-state index in [0.717, 1.165) is 5.69 Å². The zero-order chi connectivity index (χ0) is 9.68. The number of halogens is 1. The normalized spacial score (nSPS) is 10.5. The van der Waals surface area contributed by atoms with Gasteiger partial charge in [0, 0.05) is 0 Å². The molecule has 0 radical (unpaired) electrons. The second kappa shape index (κ2) is 4.74. The second-order valence-electron chi connectivity index (χ2n) is 2.97. The summed E-state index contributed by atoms with van der Waals surface area (Å²) in [6, 6.07) is 0. The third-order valence-corrected chi connectivity index (χ3v) is 1.57. The number of hydrogen-bond donors (Lipinski definition) is 0. The van der Waals surface area contributed by atoms with Gasteiger partial charge >= 0.3 is 0 Å². The molecule has 72 valence electrons. The molecule has 0 saturated carbocycles. The largest absolute Gasteiger partial charge is 0.474 e. The molecule has 0 aliphatic carbocycles. The fraction of sp³-hybridized carbons (Fsp3) is 0.556. The molecular weight excluding hydrogens is 171 g/mol. The minimum absolute atomic E-state index is 0.0374. The van der Waals surface area contributed by atoms with Crippen molar-refractivity contribution in [3.05, 3.63) is 18.1 Å². The number of ether oxygens (including phenoxy) is 1. The molecule has 13 heavy (non-hydrogen) atoms. The van der Waals surface area contributed by atoms with E-state index in [4.69, 9.17) is 4.74 Å². The van der Waals surface area contributed by atoms with Crippen molar-refractivity contribution >= 4 is 0 Å². The van der Waals surface area contributed by atoms with Crippen molar-refractivity contribution in [1.29, 1.82) is 0 Å². The Morgan fingerprint density at radius 2 is 2.15 bits per heavy atom. The average molecular weight is 184 g/mol. The number of rotatable bonds is 4. The first-order valence-corrected chi connectivity index (χ1v) is 4.24. The van der Waals surface area contributed by atoms with Gasteiger partial charge < -0.3 is 4.74 Å². The van der Waals surface area contributed by atoms with Crippen molar-refractivity contribution in [2.24, 2.45) is 0 Å². The van der Waals surface area contributed by atoms with E-state index in [1.165, 1.54) is 6.20 Å². The van der Waals surface area contributed by atoms with E-state index in [1.54, 1.807) is 6.20 Å². The van der Waals surface area contributed by atoms with E-state index < -0.39 is 6.67 Å². The maximum absolute atomic E-state index is 11.7. The van der Waals surface area contributed by atoms with Gasteiger partial charge in [0.15, 0.2) is 0 Å². The molecule has 4 heteroatoms. The molecule has 0 atom stereocenters. The summed E-state index contributed by atoms with van der Waals surface area (Å²) in [5.41, 5.74) is 0.910. The number of nitrogens with zero attached hydrogens (tertiary/aromatic N) is 2. The van der Waals surface area contributed by atoms with Gasteiger partial charge in [-0.15, -0.1) is 0 Å². The molecule has 0 aliphatic rings. The highest BCUT2D eigenvalue weighted by atomic mass is 19.1. The molecule has 3 nitrogen and oxygen atoms in total. The lowest BCUT2D eigenvalue weighted by atomic mass is 10.1. The Bertz CT molecular complexity index is 248. The Morgan fingerprint density at radius 1 is 1.38 bits per heavy atom. The standard InChI is InChI=1S/C9H13FN2O/c1-7(2)8-5-12-9(6-11-8)13-4-3-10/h5-7H,3-4H2,1-2H3. The molecule has 0 fully saturated rings. The molecule has 0 spiro atoms. The van der Waals surface area contributed by atoms with Gasteiger partial charge in [-0.25, -0.2) is 9.37 Å². The Hall–Kier alpha value is -1.19. The van der Waals surface area contributed by atoms with Gasteiger partial charge in [-0.2, -0.15) is 0 Å². The van der Waals surface area contributed by atoms with Crippen LogP contribution >= 0.6 is 0 Å². The zero-order valence-electron chi connectivity index (χ0n) is 7.83. The van der Waals surface area contributed by atoms with Crippen LogP contribution in [-0.2, 0) is 0 Å². The van der Waals surface area contributed by atoms with Crippen LogP contribution in [0.5, 0.6) is 5.88 Å². The maximum Gasteiger partial charge on any atom is 0.232 e. The van der Waals surface area contributed by atoms with Crippen molar-refractivity contribution in [3.8, 4) is 5.88 Å². The van der Waals surface area contributed by atoms with Crippen LogP contribution in [0.3, 0.4) is 0 Å². The molecule has 1 aromatic rings. The first-order chi connectivity index (χ1) is 6.24. The lowest BCUT2D eigenvalue weighted by Crippen LogP contribution is -2.02.